The van der Waals surface area contributed by atoms with Crippen LogP contribution in [0.25, 0.3) is 34.1 Å². The molecule has 0 bridgehead atoms. The molecule has 0 heterocycles. The average Bonchev–Trinajstić information content (AvgIpc) is 3.27. The summed E-state index contributed by atoms with van der Waals surface area (Å²) in [6.45, 7) is 0.00113. The summed E-state index contributed by atoms with van der Waals surface area (Å²) in [6.07, 6.45) is 8.84. The van der Waals surface area contributed by atoms with Gasteiger partial charge in [0.05, 0.1) is 12.3 Å². The van der Waals surface area contributed by atoms with Crippen LogP contribution in [-0.2, 0) is 6.61 Å². The maximum atomic E-state index is 9.85. The molecule has 2 heteroatoms. The third kappa shape index (κ3) is 8.01. The number of fused-ring (bicyclic) bond motifs is 1. The maximum Gasteiger partial charge on any atom is 0.0681 e. The zero-order valence-electron chi connectivity index (χ0n) is 30.5. The van der Waals surface area contributed by atoms with Gasteiger partial charge in [-0.3, -0.25) is 0 Å². The highest BCUT2D eigenvalue weighted by Crippen LogP contribution is 2.40. The molecule has 0 spiro atoms. The number of anilines is 3. The molecule has 2 nitrogen and oxygen atoms in total. The van der Waals surface area contributed by atoms with Crippen LogP contribution >= 0.6 is 0 Å². The first-order valence-corrected chi connectivity index (χ1v) is 18.7. The Morgan fingerprint density at radius 3 is 1.40 bits per heavy atom. The second-order valence-corrected chi connectivity index (χ2v) is 13.4. The van der Waals surface area contributed by atoms with Crippen molar-refractivity contribution in [2.75, 3.05) is 4.90 Å². The van der Waals surface area contributed by atoms with E-state index in [1.807, 2.05) is 12.1 Å². The van der Waals surface area contributed by atoms with E-state index in [1.54, 1.807) is 0 Å². The zero-order chi connectivity index (χ0) is 37.2. The molecule has 0 aliphatic heterocycles. The molecule has 1 N–H and O–H groups in total. The first-order chi connectivity index (χ1) is 27.2. The number of hydrogen-bond acceptors (Lipinski definition) is 2. The van der Waals surface area contributed by atoms with E-state index in [9.17, 15) is 5.11 Å². The Morgan fingerprint density at radius 1 is 0.436 bits per heavy atom. The molecule has 264 valence electrons. The van der Waals surface area contributed by atoms with Crippen molar-refractivity contribution in [3.8, 4) is 0 Å². The summed E-state index contributed by atoms with van der Waals surface area (Å²) >= 11 is 0. The molecule has 0 saturated heterocycles. The lowest BCUT2D eigenvalue weighted by Gasteiger charge is -2.27. The van der Waals surface area contributed by atoms with Gasteiger partial charge in [0.25, 0.3) is 0 Å². The van der Waals surface area contributed by atoms with Crippen LogP contribution in [0.3, 0.4) is 0 Å². The van der Waals surface area contributed by atoms with Crippen LogP contribution < -0.4 is 4.90 Å². The van der Waals surface area contributed by atoms with Crippen molar-refractivity contribution in [2.45, 2.75) is 6.61 Å². The summed E-state index contributed by atoms with van der Waals surface area (Å²) in [7, 11) is 0. The average molecular weight is 708 g/mol. The Balaban J connectivity index is 1.19. The van der Waals surface area contributed by atoms with E-state index in [0.29, 0.717) is 0 Å². The molecule has 0 radical (unpaired) electrons. The fraction of sp³-hybridized carbons (Fsp3) is 0.0189. The highest BCUT2D eigenvalue weighted by molar-refractivity contribution is 6.03. The Hall–Kier alpha value is -7.00. The van der Waals surface area contributed by atoms with Gasteiger partial charge in [-0.1, -0.05) is 194 Å². The molecule has 0 amide bonds. The first kappa shape index (κ1) is 35.1. The molecule has 8 aromatic carbocycles. The van der Waals surface area contributed by atoms with E-state index in [1.165, 1.54) is 33.4 Å². The minimum absolute atomic E-state index is 0.00113. The third-order valence-corrected chi connectivity index (χ3v) is 9.89. The summed E-state index contributed by atoms with van der Waals surface area (Å²) in [5.74, 6) is 0. The molecule has 0 aromatic heterocycles. The second-order valence-electron chi connectivity index (χ2n) is 13.4. The Labute approximate surface area is 323 Å². The summed E-state index contributed by atoms with van der Waals surface area (Å²) in [4.78, 5) is 2.31. The highest BCUT2D eigenvalue weighted by Gasteiger charge is 2.17. The summed E-state index contributed by atoms with van der Waals surface area (Å²) in [5.41, 5.74) is 13.3. The van der Waals surface area contributed by atoms with Crippen LogP contribution in [0, 0.1) is 0 Å². The maximum absolute atomic E-state index is 9.85. The predicted molar refractivity (Wildman–Crippen MR) is 233 cm³/mol. The van der Waals surface area contributed by atoms with E-state index in [0.717, 1.165) is 44.5 Å². The van der Waals surface area contributed by atoms with Gasteiger partial charge in [-0.05, 0) is 91.9 Å². The van der Waals surface area contributed by atoms with Gasteiger partial charge in [0.15, 0.2) is 0 Å². The van der Waals surface area contributed by atoms with Crippen LogP contribution in [-0.4, -0.2) is 5.11 Å². The number of nitrogens with zero attached hydrogens (tertiary/aromatic N) is 1. The number of allylic oxidation sites excluding steroid dienone is 2. The molecule has 0 aliphatic rings. The Bertz CT molecular complexity index is 2490. The SMILES string of the molecule is OCc1ccc(N(c2ccc(C=C(c3ccccc3)c3ccccc3)cc2)c2ccc(/C=C/C=C(c3ccccc3)c3ccccc3)c3ccccc23)cc1. The quantitative estimate of drug-likeness (QED) is 0.107. The van der Waals surface area contributed by atoms with Crippen LogP contribution in [0.15, 0.2) is 218 Å². The van der Waals surface area contributed by atoms with Gasteiger partial charge in [0.1, 0.15) is 0 Å². The van der Waals surface area contributed by atoms with Crippen molar-refractivity contribution < 1.29 is 5.11 Å². The topological polar surface area (TPSA) is 23.5 Å². The standard InChI is InChI=1S/C53H41NO/c55-39-41-30-35-48(36-31-41)54(47-33-28-40(29-34-47)38-52(44-20-9-3-10-21-44)45-22-11-4-12-23-45)53-37-32-46(50-25-13-14-26-51(50)53)24-15-27-49(42-16-5-1-6-17-42)43-18-7-2-8-19-43/h1-38,55H,39H2/b24-15+. The first-order valence-electron chi connectivity index (χ1n) is 18.7. The Kier molecular flexibility index (Phi) is 10.7. The minimum Gasteiger partial charge on any atom is -0.392 e. The van der Waals surface area contributed by atoms with Crippen molar-refractivity contribution in [1.82, 2.24) is 0 Å². The normalized spacial score (nSPS) is 11.0. The molecule has 0 fully saturated rings. The van der Waals surface area contributed by atoms with Gasteiger partial charge in [-0.25, -0.2) is 0 Å². The zero-order valence-corrected chi connectivity index (χ0v) is 30.5. The fourth-order valence-electron chi connectivity index (χ4n) is 7.12. The third-order valence-electron chi connectivity index (χ3n) is 9.89. The van der Waals surface area contributed by atoms with Gasteiger partial charge >= 0.3 is 0 Å². The molecule has 0 saturated carbocycles. The van der Waals surface area contributed by atoms with Crippen molar-refractivity contribution >= 4 is 51.1 Å². The predicted octanol–water partition coefficient (Wildman–Crippen LogP) is 13.5. The highest BCUT2D eigenvalue weighted by atomic mass is 16.3. The largest absolute Gasteiger partial charge is 0.392 e. The lowest BCUT2D eigenvalue weighted by atomic mass is 9.95. The summed E-state index contributed by atoms with van der Waals surface area (Å²) in [6, 6.07) is 72.2. The molecule has 0 aliphatic carbocycles. The van der Waals surface area contributed by atoms with Crippen LogP contribution in [0.1, 0.15) is 38.9 Å². The molecule has 8 aromatic rings. The molecule has 0 unspecified atom stereocenters. The smallest absolute Gasteiger partial charge is 0.0681 e. The van der Waals surface area contributed by atoms with E-state index >= 15 is 0 Å². The minimum atomic E-state index is 0.00113. The molecular formula is C53H41NO. The van der Waals surface area contributed by atoms with E-state index in [4.69, 9.17) is 0 Å². The lowest BCUT2D eigenvalue weighted by Crippen LogP contribution is -2.10. The molecule has 0 atom stereocenters. The van der Waals surface area contributed by atoms with Crippen molar-refractivity contribution in [1.29, 1.82) is 0 Å². The second kappa shape index (κ2) is 16.8. The van der Waals surface area contributed by atoms with Crippen molar-refractivity contribution in [2.24, 2.45) is 0 Å². The number of aliphatic hydroxyl groups excluding tert-OH is 1. The number of benzene rings is 8. The Morgan fingerprint density at radius 2 is 0.891 bits per heavy atom. The number of hydrogen-bond donors (Lipinski definition) is 1. The summed E-state index contributed by atoms with van der Waals surface area (Å²) < 4.78 is 0. The number of rotatable bonds is 11. The number of aliphatic hydroxyl groups is 1. The van der Waals surface area contributed by atoms with Gasteiger partial charge in [0.2, 0.25) is 0 Å². The van der Waals surface area contributed by atoms with Crippen molar-refractivity contribution in [3.63, 3.8) is 0 Å². The van der Waals surface area contributed by atoms with E-state index < -0.39 is 0 Å². The van der Waals surface area contributed by atoms with Gasteiger partial charge < -0.3 is 10.0 Å². The van der Waals surface area contributed by atoms with E-state index in [-0.39, 0.29) is 6.61 Å². The van der Waals surface area contributed by atoms with Crippen LogP contribution in [0.4, 0.5) is 17.1 Å². The lowest BCUT2D eigenvalue weighted by molar-refractivity contribution is 0.282. The molecule has 55 heavy (non-hydrogen) atoms. The summed E-state index contributed by atoms with van der Waals surface area (Å²) in [5, 5.41) is 12.2. The van der Waals surface area contributed by atoms with Crippen LogP contribution in [0.2, 0.25) is 0 Å². The fourth-order valence-corrected chi connectivity index (χ4v) is 7.12. The van der Waals surface area contributed by atoms with Gasteiger partial charge in [0, 0.05) is 16.8 Å². The monoisotopic (exact) mass is 707 g/mol. The van der Waals surface area contributed by atoms with Crippen LogP contribution in [0.5, 0.6) is 0 Å². The van der Waals surface area contributed by atoms with Gasteiger partial charge in [-0.15, -0.1) is 0 Å². The van der Waals surface area contributed by atoms with Crippen molar-refractivity contribution in [3.05, 3.63) is 257 Å². The molecule has 8 rings (SSSR count). The van der Waals surface area contributed by atoms with E-state index in [2.05, 4.69) is 223 Å². The molecular weight excluding hydrogens is 667 g/mol. The van der Waals surface area contributed by atoms with Gasteiger partial charge in [-0.2, -0.15) is 0 Å².